The molecule has 0 amide bonds. The smallest absolute Gasteiger partial charge is 0.248 e. The van der Waals surface area contributed by atoms with Crippen LogP contribution < -0.4 is 11.4 Å². The van der Waals surface area contributed by atoms with Crippen molar-refractivity contribution < 1.29 is 0 Å². The first-order valence-electron chi connectivity index (χ1n) is 4.67. The fraction of sp³-hybridized carbons (Fsp3) is 0. The molecular weight excluding hydrogens is 230 g/mol. The predicted molar refractivity (Wildman–Crippen MR) is 69.7 cm³/mol. The van der Waals surface area contributed by atoms with E-state index in [1.54, 1.807) is 12.3 Å². The fourth-order valence-electron chi connectivity index (χ4n) is 1.34. The zero-order valence-corrected chi connectivity index (χ0v) is 9.45. The summed E-state index contributed by atoms with van der Waals surface area (Å²) in [5.74, 6) is 5.04. The van der Waals surface area contributed by atoms with Gasteiger partial charge in [0, 0.05) is 24.7 Å². The third-order valence-electron chi connectivity index (χ3n) is 1.97. The first kappa shape index (κ1) is 14.9. The molecule has 0 unspecified atom stereocenters. The van der Waals surface area contributed by atoms with Gasteiger partial charge in [-0.2, -0.15) is 5.10 Å². The van der Waals surface area contributed by atoms with Gasteiger partial charge in [0.15, 0.2) is 0 Å². The lowest BCUT2D eigenvalue weighted by Crippen LogP contribution is -2.02. The van der Waals surface area contributed by atoms with Gasteiger partial charge in [-0.05, 0) is 29.1 Å². The second-order valence-electron chi connectivity index (χ2n) is 2.95. The number of aromatic nitrogens is 1. The van der Waals surface area contributed by atoms with Crippen molar-refractivity contribution in [2.45, 2.75) is 0 Å². The SMILES string of the molecule is C#N.C#N.NN=Cc1ccc2[nH]c(=O)ccc2c1. The van der Waals surface area contributed by atoms with Crippen molar-refractivity contribution in [2.75, 3.05) is 0 Å². The molecule has 2 aromatic rings. The lowest BCUT2D eigenvalue weighted by molar-refractivity contribution is 1.26. The van der Waals surface area contributed by atoms with Crippen molar-refractivity contribution in [3.05, 3.63) is 46.2 Å². The van der Waals surface area contributed by atoms with Crippen molar-refractivity contribution in [3.63, 3.8) is 0 Å². The molecule has 1 aromatic carbocycles. The number of nitrogens with zero attached hydrogens (tertiary/aromatic N) is 3. The van der Waals surface area contributed by atoms with E-state index in [-0.39, 0.29) is 5.56 Å². The molecule has 3 N–H and O–H groups in total. The molecule has 0 aliphatic rings. The van der Waals surface area contributed by atoms with Crippen LogP contribution in [0.2, 0.25) is 0 Å². The molecule has 0 spiro atoms. The van der Waals surface area contributed by atoms with E-state index in [0.717, 1.165) is 16.5 Å². The second-order valence-corrected chi connectivity index (χ2v) is 2.95. The predicted octanol–water partition coefficient (Wildman–Crippen LogP) is 1.10. The molecule has 1 aromatic heterocycles. The van der Waals surface area contributed by atoms with E-state index in [2.05, 4.69) is 23.2 Å². The second kappa shape index (κ2) is 8.08. The van der Waals surface area contributed by atoms with Crippen LogP contribution >= 0.6 is 0 Å². The Morgan fingerprint density at radius 2 is 1.83 bits per heavy atom. The van der Waals surface area contributed by atoms with E-state index in [0.29, 0.717) is 0 Å². The quantitative estimate of drug-likeness (QED) is 0.441. The van der Waals surface area contributed by atoms with Crippen LogP contribution in [-0.2, 0) is 0 Å². The summed E-state index contributed by atoms with van der Waals surface area (Å²) in [6.07, 6.45) is 1.56. The molecule has 0 aliphatic carbocycles. The maximum absolute atomic E-state index is 11.0. The molecule has 0 atom stereocenters. The Kier molecular flexibility index (Phi) is 6.68. The number of nitrogens with two attached hydrogens (primary N) is 1. The minimum Gasteiger partial charge on any atom is -0.323 e. The number of hydrogen-bond donors (Lipinski definition) is 2. The summed E-state index contributed by atoms with van der Waals surface area (Å²) in [5.41, 5.74) is 1.62. The van der Waals surface area contributed by atoms with Gasteiger partial charge >= 0.3 is 0 Å². The van der Waals surface area contributed by atoms with Crippen molar-refractivity contribution in [2.24, 2.45) is 10.9 Å². The summed E-state index contributed by atoms with van der Waals surface area (Å²) in [4.78, 5) is 13.7. The van der Waals surface area contributed by atoms with Crippen LogP contribution in [0.3, 0.4) is 0 Å². The lowest BCUT2D eigenvalue weighted by atomic mass is 10.1. The van der Waals surface area contributed by atoms with Crippen LogP contribution in [0.15, 0.2) is 40.2 Å². The number of fused-ring (bicyclic) bond motifs is 1. The van der Waals surface area contributed by atoms with Crippen molar-refractivity contribution in [1.29, 1.82) is 10.5 Å². The first-order chi connectivity index (χ1) is 8.79. The molecule has 0 fully saturated rings. The van der Waals surface area contributed by atoms with Gasteiger partial charge in [-0.1, -0.05) is 6.07 Å². The molecule has 18 heavy (non-hydrogen) atoms. The largest absolute Gasteiger partial charge is 0.323 e. The minimum absolute atomic E-state index is 0.0993. The van der Waals surface area contributed by atoms with Crippen molar-refractivity contribution >= 4 is 17.1 Å². The van der Waals surface area contributed by atoms with Gasteiger partial charge in [0.1, 0.15) is 0 Å². The molecular formula is C12H11N5O. The topological polar surface area (TPSA) is 119 Å². The van der Waals surface area contributed by atoms with E-state index < -0.39 is 0 Å². The van der Waals surface area contributed by atoms with Crippen molar-refractivity contribution in [1.82, 2.24) is 4.98 Å². The summed E-state index contributed by atoms with van der Waals surface area (Å²) in [5, 5.41) is 17.4. The number of aromatic amines is 1. The maximum atomic E-state index is 11.0. The van der Waals surface area contributed by atoms with Crippen LogP contribution in [0.5, 0.6) is 0 Å². The molecule has 6 heteroatoms. The molecule has 6 nitrogen and oxygen atoms in total. The van der Waals surface area contributed by atoms with Gasteiger partial charge in [-0.3, -0.25) is 4.79 Å². The Bertz CT molecular complexity index is 618. The average Bonchev–Trinajstić information content (AvgIpc) is 2.44. The highest BCUT2D eigenvalue weighted by molar-refractivity contribution is 5.88. The Hall–Kier alpha value is -3.12. The molecule has 1 heterocycles. The maximum Gasteiger partial charge on any atom is 0.248 e. The van der Waals surface area contributed by atoms with Gasteiger partial charge in [-0.25, -0.2) is 10.5 Å². The molecule has 0 saturated carbocycles. The first-order valence-corrected chi connectivity index (χ1v) is 4.67. The van der Waals surface area contributed by atoms with E-state index in [9.17, 15) is 4.79 Å². The van der Waals surface area contributed by atoms with E-state index in [4.69, 9.17) is 16.4 Å². The number of nitriles is 2. The Morgan fingerprint density at radius 3 is 2.44 bits per heavy atom. The van der Waals surface area contributed by atoms with Gasteiger partial charge in [0.05, 0.1) is 6.21 Å². The lowest BCUT2D eigenvalue weighted by Gasteiger charge is -1.97. The number of rotatable bonds is 1. The van der Waals surface area contributed by atoms with E-state index >= 15 is 0 Å². The summed E-state index contributed by atoms with van der Waals surface area (Å²) < 4.78 is 0. The van der Waals surface area contributed by atoms with Crippen LogP contribution in [0.4, 0.5) is 0 Å². The summed E-state index contributed by atoms with van der Waals surface area (Å²) >= 11 is 0. The highest BCUT2D eigenvalue weighted by Gasteiger charge is 1.94. The van der Waals surface area contributed by atoms with Gasteiger partial charge in [0.25, 0.3) is 0 Å². The minimum atomic E-state index is -0.0993. The van der Waals surface area contributed by atoms with Gasteiger partial charge in [-0.15, -0.1) is 0 Å². The number of benzene rings is 1. The summed E-state index contributed by atoms with van der Waals surface area (Å²) in [6.45, 7) is 7.00. The summed E-state index contributed by atoms with van der Waals surface area (Å²) in [6, 6.07) is 8.83. The Balaban J connectivity index is 0.000000659. The van der Waals surface area contributed by atoms with Crippen LogP contribution in [-0.4, -0.2) is 11.2 Å². The van der Waals surface area contributed by atoms with Gasteiger partial charge in [0.2, 0.25) is 5.56 Å². The van der Waals surface area contributed by atoms with E-state index in [1.807, 2.05) is 18.2 Å². The fourth-order valence-corrected chi connectivity index (χ4v) is 1.34. The molecule has 0 radical (unpaired) electrons. The molecule has 0 bridgehead atoms. The Labute approximate surface area is 104 Å². The molecule has 90 valence electrons. The molecule has 0 saturated heterocycles. The zero-order chi connectivity index (χ0) is 14.0. The Morgan fingerprint density at radius 1 is 1.17 bits per heavy atom. The van der Waals surface area contributed by atoms with E-state index in [1.165, 1.54) is 6.07 Å². The third kappa shape index (κ3) is 3.80. The number of H-pyrrole nitrogens is 1. The number of hydrazone groups is 1. The summed E-state index contributed by atoms with van der Waals surface area (Å²) in [7, 11) is 0. The monoisotopic (exact) mass is 241 g/mol. The standard InChI is InChI=1S/C10H9N3O.2CHN/c11-12-6-7-1-3-9-8(5-7)2-4-10(14)13-9;2*1-2/h1-6H,11H2,(H,13,14);2*1H. The number of hydrogen-bond acceptors (Lipinski definition) is 5. The number of pyridine rings is 1. The molecule has 2 rings (SSSR count). The molecule has 0 aliphatic heterocycles. The van der Waals surface area contributed by atoms with Crippen LogP contribution in [0, 0.1) is 23.7 Å². The zero-order valence-electron chi connectivity index (χ0n) is 9.45. The van der Waals surface area contributed by atoms with Crippen molar-refractivity contribution in [3.8, 4) is 13.1 Å². The van der Waals surface area contributed by atoms with Crippen LogP contribution in [0.1, 0.15) is 5.56 Å². The van der Waals surface area contributed by atoms with Crippen LogP contribution in [0.25, 0.3) is 10.9 Å². The third-order valence-corrected chi connectivity index (χ3v) is 1.97. The highest BCUT2D eigenvalue weighted by Crippen LogP contribution is 2.10. The average molecular weight is 241 g/mol. The normalized spacial score (nSPS) is 8.89. The highest BCUT2D eigenvalue weighted by atomic mass is 16.1. The number of nitrogens with one attached hydrogen (secondary N) is 1. The van der Waals surface area contributed by atoms with Gasteiger partial charge < -0.3 is 10.8 Å².